The van der Waals surface area contributed by atoms with Gasteiger partial charge in [0.15, 0.2) is 0 Å². The summed E-state index contributed by atoms with van der Waals surface area (Å²) in [5.74, 6) is 0. The van der Waals surface area contributed by atoms with Crippen LogP contribution in [-0.2, 0) is 31.8 Å². The van der Waals surface area contributed by atoms with E-state index in [0.717, 1.165) is 65.5 Å². The highest BCUT2D eigenvalue weighted by Crippen LogP contribution is 2.34. The molecule has 4 aliphatic heterocycles. The normalized spacial score (nSPS) is 27.2. The third-order valence-electron chi connectivity index (χ3n) is 7.36. The summed E-state index contributed by atoms with van der Waals surface area (Å²) in [7, 11) is 0. The molecule has 6 nitrogen and oxygen atoms in total. The van der Waals surface area contributed by atoms with Crippen LogP contribution in [0.3, 0.4) is 0 Å². The van der Waals surface area contributed by atoms with Gasteiger partial charge in [-0.15, -0.1) is 0 Å². The first kappa shape index (κ1) is 19.4. The first-order valence-electron chi connectivity index (χ1n) is 12.0. The van der Waals surface area contributed by atoms with E-state index in [9.17, 15) is 0 Å². The predicted molar refractivity (Wildman–Crippen MR) is 122 cm³/mol. The fourth-order valence-electron chi connectivity index (χ4n) is 5.07. The van der Waals surface area contributed by atoms with Crippen LogP contribution in [0.2, 0.25) is 0 Å². The lowest BCUT2D eigenvalue weighted by Crippen LogP contribution is -2.50. The first-order valence-corrected chi connectivity index (χ1v) is 12.0. The first-order chi connectivity index (χ1) is 15.8. The van der Waals surface area contributed by atoms with E-state index in [1.165, 1.54) is 33.6 Å². The summed E-state index contributed by atoms with van der Waals surface area (Å²) in [6.07, 6.45) is 3.15. The number of nitrogens with zero attached hydrogens (tertiary/aromatic N) is 2. The van der Waals surface area contributed by atoms with E-state index >= 15 is 0 Å². The second-order valence-corrected chi connectivity index (χ2v) is 9.87. The highest BCUT2D eigenvalue weighted by molar-refractivity contribution is 5.59. The molecule has 0 amide bonds. The lowest BCUT2D eigenvalue weighted by molar-refractivity contribution is 0.00764. The standard InChI is InChI=1S/C26H30N2O4/c1-3-21(27(9-24-14-30-24)10-25-15-31-25)7-19-6-20-8-22(4-2-18(20)5-17(1)19)28(11-26-16-32-26)23-12-29-13-23/h1-4,7-8,23-26H,5-6,9-16H2. The molecule has 0 saturated carbocycles. The van der Waals surface area contributed by atoms with Crippen molar-refractivity contribution in [1.29, 1.82) is 0 Å². The van der Waals surface area contributed by atoms with Crippen molar-refractivity contribution in [3.63, 3.8) is 0 Å². The number of ether oxygens (including phenoxy) is 4. The molecule has 3 atom stereocenters. The molecular formula is C26H30N2O4. The van der Waals surface area contributed by atoms with Crippen LogP contribution in [0.25, 0.3) is 0 Å². The molecule has 0 bridgehead atoms. The monoisotopic (exact) mass is 434 g/mol. The van der Waals surface area contributed by atoms with Crippen molar-refractivity contribution in [1.82, 2.24) is 0 Å². The SMILES string of the molecule is c1cc2c(cc1N(CC1CO1)CC1CO1)Cc1cc(N(CC3CO3)C3COC3)ccc1C2. The number of hydrogen-bond donors (Lipinski definition) is 0. The fraction of sp³-hybridized carbons (Fsp3) is 0.538. The summed E-state index contributed by atoms with van der Waals surface area (Å²) < 4.78 is 22.1. The Balaban J connectivity index is 1.14. The summed E-state index contributed by atoms with van der Waals surface area (Å²) >= 11 is 0. The van der Waals surface area contributed by atoms with E-state index in [0.29, 0.717) is 24.4 Å². The van der Waals surface area contributed by atoms with Gasteiger partial charge in [-0.1, -0.05) is 12.1 Å². The van der Waals surface area contributed by atoms with Crippen LogP contribution in [0.5, 0.6) is 0 Å². The van der Waals surface area contributed by atoms with Crippen LogP contribution in [0, 0.1) is 0 Å². The van der Waals surface area contributed by atoms with Crippen LogP contribution in [0.15, 0.2) is 36.4 Å². The quantitative estimate of drug-likeness (QED) is 0.482. The van der Waals surface area contributed by atoms with Crippen LogP contribution in [-0.4, -0.2) is 77.0 Å². The van der Waals surface area contributed by atoms with Gasteiger partial charge in [0.25, 0.3) is 0 Å². The molecule has 0 aromatic heterocycles. The number of fused-ring (bicyclic) bond motifs is 2. The average Bonchev–Trinajstić information content (AvgIpc) is 3.60. The maximum Gasteiger partial charge on any atom is 0.0984 e. The third kappa shape index (κ3) is 4.01. The van der Waals surface area contributed by atoms with Gasteiger partial charge in [-0.25, -0.2) is 0 Å². The molecule has 5 aliphatic rings. The summed E-state index contributed by atoms with van der Waals surface area (Å²) in [6, 6.07) is 14.6. The van der Waals surface area contributed by atoms with Crippen LogP contribution < -0.4 is 9.80 Å². The van der Waals surface area contributed by atoms with Gasteiger partial charge in [-0.2, -0.15) is 0 Å². The van der Waals surface area contributed by atoms with E-state index < -0.39 is 0 Å². The van der Waals surface area contributed by atoms with Gasteiger partial charge in [0.2, 0.25) is 0 Å². The van der Waals surface area contributed by atoms with Crippen molar-refractivity contribution in [2.75, 3.05) is 62.5 Å². The number of benzene rings is 2. The molecule has 1 aliphatic carbocycles. The summed E-state index contributed by atoms with van der Waals surface area (Å²) in [5.41, 5.74) is 8.43. The van der Waals surface area contributed by atoms with E-state index in [4.69, 9.17) is 18.9 Å². The molecule has 0 spiro atoms. The molecule has 6 heteroatoms. The third-order valence-corrected chi connectivity index (χ3v) is 7.36. The van der Waals surface area contributed by atoms with Crippen molar-refractivity contribution in [2.24, 2.45) is 0 Å². The van der Waals surface area contributed by atoms with E-state index in [1.54, 1.807) is 0 Å². The van der Waals surface area contributed by atoms with Crippen molar-refractivity contribution in [3.8, 4) is 0 Å². The zero-order chi connectivity index (χ0) is 21.1. The van der Waals surface area contributed by atoms with Crippen LogP contribution >= 0.6 is 0 Å². The molecule has 2 aromatic carbocycles. The molecule has 32 heavy (non-hydrogen) atoms. The van der Waals surface area contributed by atoms with Crippen molar-refractivity contribution < 1.29 is 18.9 Å². The second-order valence-electron chi connectivity index (χ2n) is 9.87. The molecule has 0 N–H and O–H groups in total. The number of epoxide rings is 3. The smallest absolute Gasteiger partial charge is 0.0984 e. The average molecular weight is 435 g/mol. The Labute approximate surface area is 189 Å². The number of hydrogen-bond acceptors (Lipinski definition) is 6. The van der Waals surface area contributed by atoms with E-state index in [1.807, 2.05) is 0 Å². The Bertz CT molecular complexity index is 997. The molecule has 0 radical (unpaired) electrons. The Morgan fingerprint density at radius 1 is 0.625 bits per heavy atom. The van der Waals surface area contributed by atoms with Crippen molar-refractivity contribution in [3.05, 3.63) is 58.7 Å². The van der Waals surface area contributed by atoms with Gasteiger partial charge in [0.05, 0.1) is 57.4 Å². The molecular weight excluding hydrogens is 404 g/mol. The maximum absolute atomic E-state index is 5.53. The van der Waals surface area contributed by atoms with Crippen molar-refractivity contribution in [2.45, 2.75) is 37.2 Å². The Morgan fingerprint density at radius 2 is 1.16 bits per heavy atom. The van der Waals surface area contributed by atoms with E-state index in [-0.39, 0.29) is 0 Å². The van der Waals surface area contributed by atoms with Gasteiger partial charge in [-0.05, 0) is 59.4 Å². The topological polar surface area (TPSA) is 53.3 Å². The summed E-state index contributed by atoms with van der Waals surface area (Å²) in [4.78, 5) is 4.95. The zero-order valence-electron chi connectivity index (χ0n) is 18.4. The summed E-state index contributed by atoms with van der Waals surface area (Å²) in [5, 5.41) is 0. The largest absolute Gasteiger partial charge is 0.377 e. The van der Waals surface area contributed by atoms with Crippen LogP contribution in [0.4, 0.5) is 11.4 Å². The minimum absolute atomic E-state index is 0.380. The lowest BCUT2D eigenvalue weighted by Gasteiger charge is -2.39. The maximum atomic E-state index is 5.53. The molecule has 7 rings (SSSR count). The highest BCUT2D eigenvalue weighted by atomic mass is 16.6. The van der Waals surface area contributed by atoms with Gasteiger partial charge >= 0.3 is 0 Å². The van der Waals surface area contributed by atoms with Gasteiger partial charge in [0, 0.05) is 31.0 Å². The lowest BCUT2D eigenvalue weighted by atomic mass is 9.85. The Kier molecular flexibility index (Phi) is 4.68. The zero-order valence-corrected chi connectivity index (χ0v) is 18.4. The molecule has 4 fully saturated rings. The van der Waals surface area contributed by atoms with Crippen LogP contribution in [0.1, 0.15) is 22.3 Å². The highest BCUT2D eigenvalue weighted by Gasteiger charge is 2.34. The number of rotatable bonds is 9. The molecule has 4 saturated heterocycles. The predicted octanol–water partition coefficient (Wildman–Crippen LogP) is 2.39. The molecule has 4 heterocycles. The summed E-state index contributed by atoms with van der Waals surface area (Å²) in [6.45, 7) is 7.19. The minimum atomic E-state index is 0.380. The molecule has 3 unspecified atom stereocenters. The fourth-order valence-corrected chi connectivity index (χ4v) is 5.07. The number of anilines is 2. The van der Waals surface area contributed by atoms with Gasteiger partial charge in [-0.3, -0.25) is 0 Å². The van der Waals surface area contributed by atoms with Crippen molar-refractivity contribution >= 4 is 11.4 Å². The second kappa shape index (κ2) is 7.73. The Hall–Kier alpha value is -2.12. The molecule has 2 aromatic rings. The van der Waals surface area contributed by atoms with Gasteiger partial charge < -0.3 is 28.7 Å². The van der Waals surface area contributed by atoms with E-state index in [2.05, 4.69) is 46.2 Å². The molecule has 168 valence electrons. The Morgan fingerprint density at radius 3 is 1.72 bits per heavy atom. The minimum Gasteiger partial charge on any atom is -0.377 e. The van der Waals surface area contributed by atoms with Gasteiger partial charge in [0.1, 0.15) is 0 Å².